The first-order chi connectivity index (χ1) is 11.0. The molecule has 3 aromatic rings. The Labute approximate surface area is 134 Å². The highest BCUT2D eigenvalue weighted by atomic mass is 16.3. The number of rotatable bonds is 4. The first kappa shape index (κ1) is 15.0. The number of carbonyl (C=O) groups is 2. The maximum absolute atomic E-state index is 12.5. The Balaban J connectivity index is 1.83. The van der Waals surface area contributed by atoms with Crippen molar-refractivity contribution in [3.05, 3.63) is 71.5 Å². The van der Waals surface area contributed by atoms with E-state index in [1.165, 1.54) is 6.92 Å². The molecule has 1 aromatic heterocycles. The lowest BCUT2D eigenvalue weighted by atomic mass is 10.0. The Morgan fingerprint density at radius 1 is 1.04 bits per heavy atom. The molecule has 1 atom stereocenters. The molecule has 2 aromatic carbocycles. The smallest absolute Gasteiger partial charge is 0.228 e. The molecule has 0 aliphatic carbocycles. The van der Waals surface area contributed by atoms with Crippen LogP contribution in [0.5, 0.6) is 0 Å². The second-order valence-corrected chi connectivity index (χ2v) is 5.52. The fourth-order valence-electron chi connectivity index (χ4n) is 2.55. The van der Waals surface area contributed by atoms with Crippen LogP contribution in [0.1, 0.15) is 41.6 Å². The molecule has 0 spiro atoms. The maximum Gasteiger partial charge on any atom is 0.228 e. The Morgan fingerprint density at radius 3 is 2.39 bits per heavy atom. The van der Waals surface area contributed by atoms with Gasteiger partial charge in [-0.1, -0.05) is 42.5 Å². The van der Waals surface area contributed by atoms with Gasteiger partial charge in [0.05, 0.1) is 6.04 Å². The van der Waals surface area contributed by atoms with Gasteiger partial charge in [0, 0.05) is 17.9 Å². The molecule has 1 unspecified atom stereocenters. The first-order valence-electron chi connectivity index (χ1n) is 7.45. The highest BCUT2D eigenvalue weighted by molar-refractivity contribution is 6.09. The van der Waals surface area contributed by atoms with Crippen LogP contribution in [0.4, 0.5) is 0 Å². The third-order valence-corrected chi connectivity index (χ3v) is 3.74. The lowest BCUT2D eigenvalue weighted by Gasteiger charge is -2.12. The standard InChI is InChI=1S/C19H17NO3/c1-12(20-13(2)21)14-7-9-15(10-8-14)19(22)18-11-16-5-3-4-6-17(16)23-18/h3-12H,1-2H3,(H,20,21). The molecule has 3 rings (SSSR count). The molecular weight excluding hydrogens is 290 g/mol. The summed E-state index contributed by atoms with van der Waals surface area (Å²) in [5.74, 6) is 0.0914. The molecule has 1 amide bonds. The summed E-state index contributed by atoms with van der Waals surface area (Å²) in [6.45, 7) is 3.38. The summed E-state index contributed by atoms with van der Waals surface area (Å²) in [6, 6.07) is 16.4. The van der Waals surface area contributed by atoms with E-state index in [0.717, 1.165) is 10.9 Å². The van der Waals surface area contributed by atoms with E-state index in [4.69, 9.17) is 4.42 Å². The van der Waals surface area contributed by atoms with Gasteiger partial charge in [0.1, 0.15) is 5.58 Å². The number of ketones is 1. The Bertz CT molecular complexity index is 829. The Morgan fingerprint density at radius 2 is 1.74 bits per heavy atom. The fraction of sp³-hybridized carbons (Fsp3) is 0.158. The van der Waals surface area contributed by atoms with Gasteiger partial charge in [-0.2, -0.15) is 0 Å². The molecule has 0 aliphatic heterocycles. The van der Waals surface area contributed by atoms with Crippen molar-refractivity contribution in [3.63, 3.8) is 0 Å². The second-order valence-electron chi connectivity index (χ2n) is 5.52. The number of furan rings is 1. The van der Waals surface area contributed by atoms with Crippen LogP contribution in [0.3, 0.4) is 0 Å². The molecule has 1 heterocycles. The number of nitrogens with one attached hydrogen (secondary N) is 1. The largest absolute Gasteiger partial charge is 0.453 e. The molecule has 0 radical (unpaired) electrons. The summed E-state index contributed by atoms with van der Waals surface area (Å²) in [5.41, 5.74) is 2.20. The van der Waals surface area contributed by atoms with E-state index in [1.807, 2.05) is 43.3 Å². The van der Waals surface area contributed by atoms with Crippen molar-refractivity contribution in [2.24, 2.45) is 0 Å². The van der Waals surface area contributed by atoms with E-state index in [2.05, 4.69) is 5.32 Å². The van der Waals surface area contributed by atoms with Crippen LogP contribution < -0.4 is 5.32 Å². The third-order valence-electron chi connectivity index (χ3n) is 3.74. The van der Waals surface area contributed by atoms with Crippen molar-refractivity contribution < 1.29 is 14.0 Å². The lowest BCUT2D eigenvalue weighted by molar-refractivity contribution is -0.119. The minimum atomic E-state index is -0.153. The predicted molar refractivity (Wildman–Crippen MR) is 88.3 cm³/mol. The molecule has 116 valence electrons. The quantitative estimate of drug-likeness (QED) is 0.745. The third kappa shape index (κ3) is 3.16. The summed E-state index contributed by atoms with van der Waals surface area (Å²) in [6.07, 6.45) is 0. The van der Waals surface area contributed by atoms with Gasteiger partial charge in [0.15, 0.2) is 5.76 Å². The van der Waals surface area contributed by atoms with E-state index in [0.29, 0.717) is 16.9 Å². The van der Waals surface area contributed by atoms with Crippen molar-refractivity contribution in [1.29, 1.82) is 0 Å². The number of carbonyl (C=O) groups excluding carboxylic acids is 2. The van der Waals surface area contributed by atoms with Crippen LogP contribution in [-0.4, -0.2) is 11.7 Å². The average Bonchev–Trinajstić information content (AvgIpc) is 2.97. The summed E-state index contributed by atoms with van der Waals surface area (Å²) < 4.78 is 5.61. The van der Waals surface area contributed by atoms with Gasteiger partial charge < -0.3 is 9.73 Å². The van der Waals surface area contributed by atoms with Crippen LogP contribution >= 0.6 is 0 Å². The van der Waals surface area contributed by atoms with Crippen LogP contribution in [0.15, 0.2) is 59.0 Å². The number of amides is 1. The van der Waals surface area contributed by atoms with Crippen LogP contribution in [0.25, 0.3) is 11.0 Å². The van der Waals surface area contributed by atoms with E-state index in [9.17, 15) is 9.59 Å². The van der Waals surface area contributed by atoms with Crippen molar-refractivity contribution in [2.75, 3.05) is 0 Å². The van der Waals surface area contributed by atoms with Crippen LogP contribution in [0, 0.1) is 0 Å². The van der Waals surface area contributed by atoms with Crippen molar-refractivity contribution in [1.82, 2.24) is 5.32 Å². The Kier molecular flexibility index (Phi) is 3.98. The zero-order chi connectivity index (χ0) is 16.4. The van der Waals surface area contributed by atoms with E-state index < -0.39 is 0 Å². The zero-order valence-corrected chi connectivity index (χ0v) is 13.0. The van der Waals surface area contributed by atoms with Gasteiger partial charge in [-0.25, -0.2) is 0 Å². The van der Waals surface area contributed by atoms with Crippen LogP contribution in [-0.2, 0) is 4.79 Å². The maximum atomic E-state index is 12.5. The molecule has 0 aliphatic rings. The highest BCUT2D eigenvalue weighted by Crippen LogP contribution is 2.22. The molecule has 0 saturated heterocycles. The zero-order valence-electron chi connectivity index (χ0n) is 13.0. The molecule has 4 heteroatoms. The molecule has 1 N–H and O–H groups in total. The van der Waals surface area contributed by atoms with E-state index >= 15 is 0 Å². The predicted octanol–water partition coefficient (Wildman–Crippen LogP) is 3.86. The molecule has 0 saturated carbocycles. The van der Waals surface area contributed by atoms with Gasteiger partial charge >= 0.3 is 0 Å². The van der Waals surface area contributed by atoms with Crippen LogP contribution in [0.2, 0.25) is 0 Å². The topological polar surface area (TPSA) is 59.3 Å². The first-order valence-corrected chi connectivity index (χ1v) is 7.45. The minimum Gasteiger partial charge on any atom is -0.453 e. The van der Waals surface area contributed by atoms with E-state index in [1.54, 1.807) is 18.2 Å². The van der Waals surface area contributed by atoms with Gasteiger partial charge in [-0.05, 0) is 24.6 Å². The van der Waals surface area contributed by atoms with Gasteiger partial charge in [-0.15, -0.1) is 0 Å². The minimum absolute atomic E-state index is 0.0834. The summed E-state index contributed by atoms with van der Waals surface area (Å²) >= 11 is 0. The number of fused-ring (bicyclic) bond motifs is 1. The van der Waals surface area contributed by atoms with Crippen molar-refractivity contribution in [3.8, 4) is 0 Å². The SMILES string of the molecule is CC(=O)NC(C)c1ccc(C(=O)c2cc3ccccc3o2)cc1. The van der Waals surface area contributed by atoms with Crippen molar-refractivity contribution in [2.45, 2.75) is 19.9 Å². The van der Waals surface area contributed by atoms with Gasteiger partial charge in [0.2, 0.25) is 11.7 Å². The lowest BCUT2D eigenvalue weighted by Crippen LogP contribution is -2.23. The normalized spacial score (nSPS) is 12.1. The molecule has 0 bridgehead atoms. The summed E-state index contributed by atoms with van der Waals surface area (Å²) in [5, 5.41) is 3.72. The summed E-state index contributed by atoms with van der Waals surface area (Å²) in [4.78, 5) is 23.6. The van der Waals surface area contributed by atoms with Gasteiger partial charge in [-0.3, -0.25) is 9.59 Å². The van der Waals surface area contributed by atoms with Crippen molar-refractivity contribution >= 4 is 22.7 Å². The number of benzene rings is 2. The second kappa shape index (κ2) is 6.08. The number of para-hydroxylation sites is 1. The fourth-order valence-corrected chi connectivity index (χ4v) is 2.55. The van der Waals surface area contributed by atoms with E-state index in [-0.39, 0.29) is 17.7 Å². The molecule has 0 fully saturated rings. The van der Waals surface area contributed by atoms with Gasteiger partial charge in [0.25, 0.3) is 0 Å². The molecule has 23 heavy (non-hydrogen) atoms. The Hall–Kier alpha value is -2.88. The summed E-state index contributed by atoms with van der Waals surface area (Å²) in [7, 11) is 0. The number of hydrogen-bond acceptors (Lipinski definition) is 3. The highest BCUT2D eigenvalue weighted by Gasteiger charge is 2.15. The molecule has 4 nitrogen and oxygen atoms in total. The monoisotopic (exact) mass is 307 g/mol. The average molecular weight is 307 g/mol. The molecular formula is C19H17NO3. The number of hydrogen-bond donors (Lipinski definition) is 1.